The minimum absolute atomic E-state index is 0.0314. The zero-order valence-corrected chi connectivity index (χ0v) is 19.8. The molecule has 178 valence electrons. The lowest BCUT2D eigenvalue weighted by Gasteiger charge is -2.36. The van der Waals surface area contributed by atoms with Crippen LogP contribution in [0.5, 0.6) is 0 Å². The number of carbonyl (C=O) groups is 1. The van der Waals surface area contributed by atoms with Gasteiger partial charge in [-0.25, -0.2) is 8.78 Å². The lowest BCUT2D eigenvalue weighted by molar-refractivity contribution is 0.00145. The molecule has 0 aromatic heterocycles. The maximum absolute atomic E-state index is 14.1. The maximum atomic E-state index is 14.1. The van der Waals surface area contributed by atoms with Crippen LogP contribution in [0.3, 0.4) is 0 Å². The number of aryl methyl sites for hydroxylation is 1. The van der Waals surface area contributed by atoms with Crippen LogP contribution in [0.1, 0.15) is 33.2 Å². The third kappa shape index (κ3) is 6.00. The topological polar surface area (TPSA) is 32.8 Å². The van der Waals surface area contributed by atoms with Gasteiger partial charge < -0.3 is 9.64 Å². The van der Waals surface area contributed by atoms with Crippen LogP contribution in [-0.4, -0.2) is 48.4 Å². The van der Waals surface area contributed by atoms with Gasteiger partial charge in [-0.05, 0) is 48.9 Å². The number of ether oxygens (including phenoxy) is 1. The zero-order chi connectivity index (χ0) is 24.1. The summed E-state index contributed by atoms with van der Waals surface area (Å²) in [4.78, 5) is 16.9. The fourth-order valence-corrected chi connectivity index (χ4v) is 4.24. The molecule has 1 amide bonds. The van der Waals surface area contributed by atoms with Gasteiger partial charge in [0.25, 0.3) is 5.91 Å². The summed E-state index contributed by atoms with van der Waals surface area (Å²) in [5.41, 5.74) is 2.54. The van der Waals surface area contributed by atoms with Crippen molar-refractivity contribution < 1.29 is 18.3 Å². The molecule has 0 unspecified atom stereocenters. The number of nitrogens with zero attached hydrogens (tertiary/aromatic N) is 2. The van der Waals surface area contributed by atoms with Crippen molar-refractivity contribution in [1.82, 2.24) is 9.80 Å². The van der Waals surface area contributed by atoms with Crippen molar-refractivity contribution in [3.63, 3.8) is 0 Å². The predicted molar refractivity (Wildman–Crippen MR) is 129 cm³/mol. The Balaban J connectivity index is 1.41. The number of halogens is 3. The molecular formula is C27H27ClF2N2O2. The van der Waals surface area contributed by atoms with Crippen LogP contribution in [0.4, 0.5) is 8.78 Å². The van der Waals surface area contributed by atoms with Gasteiger partial charge in [0.05, 0.1) is 12.7 Å². The van der Waals surface area contributed by atoms with Gasteiger partial charge in [-0.2, -0.15) is 0 Å². The molecule has 4 nitrogen and oxygen atoms in total. The molecule has 1 fully saturated rings. The molecule has 0 radical (unpaired) electrons. The number of piperazine rings is 1. The minimum Gasteiger partial charge on any atom is -0.367 e. The van der Waals surface area contributed by atoms with Crippen LogP contribution in [0, 0.1) is 18.6 Å². The first-order valence-electron chi connectivity index (χ1n) is 11.3. The molecule has 34 heavy (non-hydrogen) atoms. The SMILES string of the molecule is Cc1cccc(C(=O)N2CCN(C[C@H](OCc3c(F)cccc3F)c3ccc(Cl)cc3)CC2)c1. The molecule has 1 aliphatic heterocycles. The van der Waals surface area contributed by atoms with Gasteiger partial charge in [0.1, 0.15) is 11.6 Å². The molecule has 1 aliphatic rings. The lowest BCUT2D eigenvalue weighted by atomic mass is 10.1. The van der Waals surface area contributed by atoms with E-state index in [9.17, 15) is 13.6 Å². The van der Waals surface area contributed by atoms with Crippen molar-refractivity contribution >= 4 is 17.5 Å². The second-order valence-electron chi connectivity index (χ2n) is 8.51. The molecule has 0 N–H and O–H groups in total. The number of hydrogen-bond donors (Lipinski definition) is 0. The normalized spacial score (nSPS) is 15.4. The fraction of sp³-hybridized carbons (Fsp3) is 0.296. The van der Waals surface area contributed by atoms with Gasteiger partial charge >= 0.3 is 0 Å². The maximum Gasteiger partial charge on any atom is 0.253 e. The summed E-state index contributed by atoms with van der Waals surface area (Å²) in [6.07, 6.45) is -0.407. The van der Waals surface area contributed by atoms with E-state index in [-0.39, 0.29) is 18.1 Å². The summed E-state index contributed by atoms with van der Waals surface area (Å²) < 4.78 is 34.3. The van der Waals surface area contributed by atoms with E-state index < -0.39 is 17.7 Å². The van der Waals surface area contributed by atoms with Crippen LogP contribution in [0.2, 0.25) is 5.02 Å². The average Bonchev–Trinajstić information content (AvgIpc) is 2.83. The fourth-order valence-electron chi connectivity index (χ4n) is 4.11. The van der Waals surface area contributed by atoms with E-state index in [1.54, 1.807) is 12.1 Å². The minimum atomic E-state index is -0.627. The summed E-state index contributed by atoms with van der Waals surface area (Å²) >= 11 is 6.04. The van der Waals surface area contributed by atoms with Gasteiger partial charge in [-0.1, -0.05) is 47.5 Å². The Bertz CT molecular complexity index is 1110. The van der Waals surface area contributed by atoms with Crippen molar-refractivity contribution in [2.45, 2.75) is 19.6 Å². The lowest BCUT2D eigenvalue weighted by Crippen LogP contribution is -2.49. The molecule has 3 aromatic rings. The number of hydrogen-bond acceptors (Lipinski definition) is 3. The molecule has 1 atom stereocenters. The second kappa shape index (κ2) is 11.1. The molecule has 1 heterocycles. The van der Waals surface area contributed by atoms with Gasteiger partial charge in [0.2, 0.25) is 0 Å². The van der Waals surface area contributed by atoms with E-state index >= 15 is 0 Å². The Labute approximate surface area is 203 Å². The zero-order valence-electron chi connectivity index (χ0n) is 19.0. The van der Waals surface area contributed by atoms with Crippen molar-refractivity contribution in [1.29, 1.82) is 0 Å². The Morgan fingerprint density at radius 1 is 0.971 bits per heavy atom. The molecule has 7 heteroatoms. The van der Waals surface area contributed by atoms with Gasteiger partial charge in [0.15, 0.2) is 0 Å². The van der Waals surface area contributed by atoms with Crippen LogP contribution in [0.25, 0.3) is 0 Å². The summed E-state index contributed by atoms with van der Waals surface area (Å²) in [5, 5.41) is 0.603. The number of amides is 1. The van der Waals surface area contributed by atoms with E-state index in [4.69, 9.17) is 16.3 Å². The third-order valence-corrected chi connectivity index (χ3v) is 6.33. The van der Waals surface area contributed by atoms with Crippen LogP contribution >= 0.6 is 11.6 Å². The van der Waals surface area contributed by atoms with E-state index in [0.29, 0.717) is 43.3 Å². The van der Waals surface area contributed by atoms with Crippen molar-refractivity contribution in [2.24, 2.45) is 0 Å². The quantitative estimate of drug-likeness (QED) is 0.435. The second-order valence-corrected chi connectivity index (χ2v) is 8.95. The first-order valence-corrected chi connectivity index (χ1v) is 11.7. The Morgan fingerprint density at radius 2 is 1.62 bits per heavy atom. The third-order valence-electron chi connectivity index (χ3n) is 6.08. The average molecular weight is 485 g/mol. The van der Waals surface area contributed by atoms with Crippen LogP contribution < -0.4 is 0 Å². The number of carbonyl (C=O) groups excluding carboxylic acids is 1. The van der Waals surface area contributed by atoms with Crippen molar-refractivity contribution in [3.05, 3.63) is 106 Å². The molecule has 0 spiro atoms. The summed E-state index contributed by atoms with van der Waals surface area (Å²) in [6, 6.07) is 18.7. The molecule has 4 rings (SSSR count). The largest absolute Gasteiger partial charge is 0.367 e. The number of benzene rings is 3. The number of rotatable bonds is 7. The first kappa shape index (κ1) is 24.3. The summed E-state index contributed by atoms with van der Waals surface area (Å²) in [6.45, 7) is 4.88. The van der Waals surface area contributed by atoms with Crippen molar-refractivity contribution in [3.8, 4) is 0 Å². The van der Waals surface area contributed by atoms with Crippen LogP contribution in [-0.2, 0) is 11.3 Å². The predicted octanol–water partition coefficient (Wildman–Crippen LogP) is 5.64. The Kier molecular flexibility index (Phi) is 7.93. The summed E-state index contributed by atoms with van der Waals surface area (Å²) in [5.74, 6) is -1.22. The van der Waals surface area contributed by atoms with Crippen LogP contribution in [0.15, 0.2) is 66.7 Å². The first-order chi connectivity index (χ1) is 16.4. The van der Waals surface area contributed by atoms with E-state index in [1.807, 2.05) is 48.2 Å². The standard InChI is InChI=1S/C27H27ClF2N2O2/c1-19-4-2-5-21(16-19)27(33)32-14-12-31(13-15-32)17-26(20-8-10-22(28)11-9-20)34-18-23-24(29)6-3-7-25(23)30/h2-11,16,26H,12-15,17-18H2,1H3/t26-/m0/s1. The monoisotopic (exact) mass is 484 g/mol. The molecule has 0 saturated carbocycles. The van der Waals surface area contributed by atoms with E-state index in [2.05, 4.69) is 4.90 Å². The highest BCUT2D eigenvalue weighted by atomic mass is 35.5. The highest BCUT2D eigenvalue weighted by molar-refractivity contribution is 6.30. The van der Waals surface area contributed by atoms with Gasteiger partial charge in [-0.3, -0.25) is 9.69 Å². The molecule has 1 saturated heterocycles. The molecular weight excluding hydrogens is 458 g/mol. The Morgan fingerprint density at radius 3 is 2.26 bits per heavy atom. The molecule has 0 aliphatic carbocycles. The smallest absolute Gasteiger partial charge is 0.253 e. The van der Waals surface area contributed by atoms with Crippen molar-refractivity contribution in [2.75, 3.05) is 32.7 Å². The highest BCUT2D eigenvalue weighted by Crippen LogP contribution is 2.25. The van der Waals surface area contributed by atoms with Gasteiger partial charge in [-0.15, -0.1) is 0 Å². The highest BCUT2D eigenvalue weighted by Gasteiger charge is 2.25. The van der Waals surface area contributed by atoms with E-state index in [0.717, 1.165) is 11.1 Å². The summed E-state index contributed by atoms with van der Waals surface area (Å²) in [7, 11) is 0. The Hall–Kier alpha value is -2.80. The molecule has 0 bridgehead atoms. The van der Waals surface area contributed by atoms with E-state index in [1.165, 1.54) is 18.2 Å². The molecule has 3 aromatic carbocycles. The van der Waals surface area contributed by atoms with Gasteiger partial charge in [0, 0.05) is 48.9 Å².